The number of alkyl halides is 3. The van der Waals surface area contributed by atoms with Crippen LogP contribution in [0.15, 0.2) is 24.3 Å². The summed E-state index contributed by atoms with van der Waals surface area (Å²) < 4.78 is 41.1. The maximum absolute atomic E-state index is 12.4. The Morgan fingerprint density at radius 1 is 1.22 bits per heavy atom. The summed E-state index contributed by atoms with van der Waals surface area (Å²) in [6.45, 7) is 0.218. The van der Waals surface area contributed by atoms with Crippen molar-refractivity contribution in [1.82, 2.24) is 5.32 Å². The highest BCUT2D eigenvalue weighted by atomic mass is 19.4. The Bertz CT molecular complexity index is 540. The van der Waals surface area contributed by atoms with Gasteiger partial charge in [0, 0.05) is 6.54 Å². The first kappa shape index (κ1) is 17.6. The molecule has 0 aromatic heterocycles. The summed E-state index contributed by atoms with van der Waals surface area (Å²) in [6, 6.07) is 5.91. The van der Waals surface area contributed by atoms with Gasteiger partial charge in [-0.2, -0.15) is 0 Å². The number of carbonyl (C=O) groups excluding carboxylic acids is 1. The number of carbonyl (C=O) groups is 1. The molecular weight excluding hydrogens is 309 g/mol. The maximum atomic E-state index is 12.4. The summed E-state index contributed by atoms with van der Waals surface area (Å²) in [6.07, 6.45) is -0.275. The Hall–Kier alpha value is -1.76. The second-order valence-corrected chi connectivity index (χ2v) is 5.88. The van der Waals surface area contributed by atoms with E-state index in [0.29, 0.717) is 18.4 Å². The molecule has 1 aromatic rings. The van der Waals surface area contributed by atoms with Gasteiger partial charge in [0.1, 0.15) is 5.75 Å². The second kappa shape index (κ2) is 7.21. The van der Waals surface area contributed by atoms with Crippen molar-refractivity contribution in [1.29, 1.82) is 0 Å². The molecule has 7 heteroatoms. The van der Waals surface area contributed by atoms with Crippen molar-refractivity contribution >= 4 is 5.91 Å². The number of hydrogen-bond acceptors (Lipinski definition) is 3. The van der Waals surface area contributed by atoms with Crippen LogP contribution in [0, 0.1) is 0 Å². The number of benzene rings is 1. The molecule has 0 spiro atoms. The molecule has 0 radical (unpaired) electrons. The molecule has 0 unspecified atom stereocenters. The van der Waals surface area contributed by atoms with E-state index < -0.39 is 11.9 Å². The number of nitrogens with one attached hydrogen (secondary N) is 1. The van der Waals surface area contributed by atoms with Crippen LogP contribution in [0.1, 0.15) is 37.7 Å². The first-order chi connectivity index (χ1) is 10.8. The third-order valence-electron chi connectivity index (χ3n) is 4.08. The fraction of sp³-hybridized carbons (Fsp3) is 0.562. The summed E-state index contributed by atoms with van der Waals surface area (Å²) in [5.74, 6) is -0.471. The van der Waals surface area contributed by atoms with Crippen molar-refractivity contribution in [2.45, 2.75) is 50.4 Å². The quantitative estimate of drug-likeness (QED) is 0.872. The van der Waals surface area contributed by atoms with Gasteiger partial charge < -0.3 is 15.8 Å². The Morgan fingerprint density at radius 3 is 2.52 bits per heavy atom. The minimum absolute atomic E-state index is 0.218. The van der Waals surface area contributed by atoms with E-state index >= 15 is 0 Å². The van der Waals surface area contributed by atoms with Crippen LogP contribution in [-0.2, 0) is 11.2 Å². The van der Waals surface area contributed by atoms with E-state index in [-0.39, 0.29) is 24.6 Å². The van der Waals surface area contributed by atoms with Crippen LogP contribution >= 0.6 is 0 Å². The zero-order valence-electron chi connectivity index (χ0n) is 12.8. The maximum Gasteiger partial charge on any atom is 0.573 e. The van der Waals surface area contributed by atoms with Gasteiger partial charge >= 0.3 is 6.36 Å². The lowest BCUT2D eigenvalue weighted by molar-refractivity contribution is -0.274. The molecule has 1 amide bonds. The molecule has 0 bridgehead atoms. The monoisotopic (exact) mass is 330 g/mol. The van der Waals surface area contributed by atoms with E-state index in [4.69, 9.17) is 5.73 Å². The number of amides is 1. The van der Waals surface area contributed by atoms with E-state index in [2.05, 4.69) is 10.1 Å². The molecular formula is C16H21F3N2O2. The number of ether oxygens (including phenoxy) is 1. The standard InChI is InChI=1S/C16H21F3N2O2/c17-16(18,19)23-13-7-3-2-6-12(13)8-11-21-14(22)15(20)9-4-1-5-10-15/h2-3,6-7H,1,4-5,8-11,20H2,(H,21,22). The van der Waals surface area contributed by atoms with Gasteiger partial charge in [0.25, 0.3) is 0 Å². The number of rotatable bonds is 5. The van der Waals surface area contributed by atoms with Crippen molar-refractivity contribution in [3.8, 4) is 5.75 Å². The molecule has 2 rings (SSSR count). The Labute approximate surface area is 133 Å². The molecule has 0 saturated heterocycles. The van der Waals surface area contributed by atoms with Gasteiger partial charge in [0.15, 0.2) is 0 Å². The SMILES string of the molecule is NC1(C(=O)NCCc2ccccc2OC(F)(F)F)CCCCC1. The molecule has 3 N–H and O–H groups in total. The van der Waals surface area contributed by atoms with Crippen LogP contribution < -0.4 is 15.8 Å². The molecule has 1 aliphatic rings. The molecule has 1 aliphatic carbocycles. The van der Waals surface area contributed by atoms with Crippen LogP contribution in [0.4, 0.5) is 13.2 Å². The molecule has 0 aliphatic heterocycles. The highest BCUT2D eigenvalue weighted by molar-refractivity contribution is 5.86. The summed E-state index contributed by atoms with van der Waals surface area (Å²) in [5, 5.41) is 2.73. The van der Waals surface area contributed by atoms with Crippen LogP contribution in [0.25, 0.3) is 0 Å². The van der Waals surface area contributed by atoms with E-state index in [1.165, 1.54) is 12.1 Å². The van der Waals surface area contributed by atoms with Gasteiger partial charge in [-0.3, -0.25) is 4.79 Å². The van der Waals surface area contributed by atoms with E-state index in [9.17, 15) is 18.0 Å². The Morgan fingerprint density at radius 2 is 1.87 bits per heavy atom. The molecule has 1 saturated carbocycles. The summed E-state index contributed by atoms with van der Waals surface area (Å²) in [7, 11) is 0. The average molecular weight is 330 g/mol. The van der Waals surface area contributed by atoms with E-state index in [1.54, 1.807) is 12.1 Å². The molecule has 0 atom stereocenters. The van der Waals surface area contributed by atoms with Crippen LogP contribution in [-0.4, -0.2) is 24.4 Å². The highest BCUT2D eigenvalue weighted by Crippen LogP contribution is 2.27. The molecule has 0 heterocycles. The fourth-order valence-electron chi connectivity index (χ4n) is 2.83. The van der Waals surface area contributed by atoms with Gasteiger partial charge in [0.05, 0.1) is 5.54 Å². The van der Waals surface area contributed by atoms with E-state index in [1.807, 2.05) is 0 Å². The lowest BCUT2D eigenvalue weighted by Crippen LogP contribution is -2.55. The zero-order valence-corrected chi connectivity index (χ0v) is 12.8. The second-order valence-electron chi connectivity index (χ2n) is 5.88. The van der Waals surface area contributed by atoms with Gasteiger partial charge in [-0.25, -0.2) is 0 Å². The zero-order chi connectivity index (χ0) is 16.9. The average Bonchev–Trinajstić information content (AvgIpc) is 2.48. The third-order valence-corrected chi connectivity index (χ3v) is 4.08. The Balaban J connectivity index is 1.90. The summed E-state index contributed by atoms with van der Waals surface area (Å²) in [5.41, 5.74) is 5.65. The fourth-order valence-corrected chi connectivity index (χ4v) is 2.83. The number of para-hydroxylation sites is 1. The topological polar surface area (TPSA) is 64.4 Å². The lowest BCUT2D eigenvalue weighted by atomic mass is 9.82. The first-order valence-corrected chi connectivity index (χ1v) is 7.71. The first-order valence-electron chi connectivity index (χ1n) is 7.71. The smallest absolute Gasteiger partial charge is 0.406 e. The predicted molar refractivity (Wildman–Crippen MR) is 79.8 cm³/mol. The predicted octanol–water partition coefficient (Wildman–Crippen LogP) is 2.91. The largest absolute Gasteiger partial charge is 0.573 e. The van der Waals surface area contributed by atoms with Crippen LogP contribution in [0.2, 0.25) is 0 Å². The molecule has 23 heavy (non-hydrogen) atoms. The minimum Gasteiger partial charge on any atom is -0.406 e. The van der Waals surface area contributed by atoms with Gasteiger partial charge in [0.2, 0.25) is 5.91 Å². The summed E-state index contributed by atoms with van der Waals surface area (Å²) in [4.78, 5) is 12.2. The van der Waals surface area contributed by atoms with Crippen molar-refractivity contribution in [3.05, 3.63) is 29.8 Å². The molecule has 1 fully saturated rings. The van der Waals surface area contributed by atoms with Crippen LogP contribution in [0.5, 0.6) is 5.75 Å². The summed E-state index contributed by atoms with van der Waals surface area (Å²) >= 11 is 0. The van der Waals surface area contributed by atoms with Crippen molar-refractivity contribution in [3.63, 3.8) is 0 Å². The molecule has 1 aromatic carbocycles. The van der Waals surface area contributed by atoms with Gasteiger partial charge in [-0.15, -0.1) is 13.2 Å². The van der Waals surface area contributed by atoms with Crippen LogP contribution in [0.3, 0.4) is 0 Å². The van der Waals surface area contributed by atoms with Gasteiger partial charge in [-0.1, -0.05) is 37.5 Å². The number of hydrogen-bond donors (Lipinski definition) is 2. The number of nitrogens with two attached hydrogens (primary N) is 1. The third kappa shape index (κ3) is 5.13. The lowest BCUT2D eigenvalue weighted by Gasteiger charge is -2.31. The normalized spacial score (nSPS) is 17.6. The van der Waals surface area contributed by atoms with Crippen molar-refractivity contribution in [2.24, 2.45) is 5.73 Å². The molecule has 128 valence electrons. The minimum atomic E-state index is -4.73. The van der Waals surface area contributed by atoms with Crippen molar-refractivity contribution < 1.29 is 22.7 Å². The van der Waals surface area contributed by atoms with Gasteiger partial charge in [-0.05, 0) is 30.9 Å². The highest BCUT2D eigenvalue weighted by Gasteiger charge is 2.35. The Kier molecular flexibility index (Phi) is 5.51. The van der Waals surface area contributed by atoms with Crippen molar-refractivity contribution in [2.75, 3.05) is 6.54 Å². The van der Waals surface area contributed by atoms with E-state index in [0.717, 1.165) is 19.3 Å². The molecule has 4 nitrogen and oxygen atoms in total. The number of halogens is 3.